The number of hydrogen-bond acceptors (Lipinski definition) is 6. The Labute approximate surface area is 179 Å². The number of aliphatic carboxylic acids is 1. The smallest absolute Gasteiger partial charge is 0.303 e. The van der Waals surface area contributed by atoms with E-state index >= 15 is 0 Å². The van der Waals surface area contributed by atoms with Crippen molar-refractivity contribution >= 4 is 34.3 Å². The second kappa shape index (κ2) is 9.11. The minimum Gasteiger partial charge on any atom is -0.481 e. The number of aromatic amines is 1. The van der Waals surface area contributed by atoms with Gasteiger partial charge in [0.15, 0.2) is 0 Å². The van der Waals surface area contributed by atoms with Crippen molar-refractivity contribution in [3.8, 4) is 0 Å². The Hall–Kier alpha value is -3.49. The quantitative estimate of drug-likeness (QED) is 0.458. The minimum absolute atomic E-state index is 0.00459. The van der Waals surface area contributed by atoms with Crippen molar-refractivity contribution in [2.75, 3.05) is 23.3 Å². The maximum atomic E-state index is 12.8. The van der Waals surface area contributed by atoms with Crippen molar-refractivity contribution in [3.05, 3.63) is 42.0 Å². The average molecular weight is 422 g/mol. The largest absolute Gasteiger partial charge is 0.481 e. The highest BCUT2D eigenvalue weighted by Gasteiger charge is 2.25. The van der Waals surface area contributed by atoms with Crippen LogP contribution in [0.5, 0.6) is 0 Å². The summed E-state index contributed by atoms with van der Waals surface area (Å²) in [4.78, 5) is 34.5. The molecule has 0 saturated heterocycles. The molecule has 1 aliphatic carbocycles. The number of benzene rings is 1. The Morgan fingerprint density at radius 1 is 1.26 bits per heavy atom. The lowest BCUT2D eigenvalue weighted by molar-refractivity contribution is -0.136. The zero-order chi connectivity index (χ0) is 21.8. The first-order valence-electron chi connectivity index (χ1n) is 10.6. The maximum Gasteiger partial charge on any atom is 0.303 e. The van der Waals surface area contributed by atoms with Crippen LogP contribution < -0.4 is 10.2 Å². The zero-order valence-corrected chi connectivity index (χ0v) is 17.5. The van der Waals surface area contributed by atoms with E-state index in [1.54, 1.807) is 18.2 Å². The molecule has 0 bridgehead atoms. The van der Waals surface area contributed by atoms with Gasteiger partial charge in [-0.2, -0.15) is 5.10 Å². The fourth-order valence-electron chi connectivity index (χ4n) is 3.58. The van der Waals surface area contributed by atoms with Gasteiger partial charge < -0.3 is 15.3 Å². The number of aromatic nitrogens is 4. The molecule has 31 heavy (non-hydrogen) atoms. The monoisotopic (exact) mass is 422 g/mol. The molecule has 1 fully saturated rings. The lowest BCUT2D eigenvalue weighted by Gasteiger charge is -2.23. The first-order chi connectivity index (χ1) is 15.0. The molecule has 9 heteroatoms. The van der Waals surface area contributed by atoms with Crippen LogP contribution in [0.1, 0.15) is 48.8 Å². The van der Waals surface area contributed by atoms with Gasteiger partial charge in [-0.3, -0.25) is 14.7 Å². The SMILES string of the molecule is CCCN(CC1CC1)c1cc(C(=O)Nc2ccc3[nH]nc(CCC(=O)O)c3c2)ncn1. The molecule has 0 radical (unpaired) electrons. The number of amides is 1. The number of nitrogens with one attached hydrogen (secondary N) is 2. The minimum atomic E-state index is -0.876. The number of fused-ring (bicyclic) bond motifs is 1. The van der Waals surface area contributed by atoms with E-state index in [4.69, 9.17) is 5.11 Å². The van der Waals surface area contributed by atoms with Crippen LogP contribution in [0.25, 0.3) is 10.9 Å². The second-order valence-electron chi connectivity index (χ2n) is 7.93. The van der Waals surface area contributed by atoms with Gasteiger partial charge in [-0.1, -0.05) is 6.92 Å². The normalized spacial score (nSPS) is 13.3. The van der Waals surface area contributed by atoms with Gasteiger partial charge in [-0.15, -0.1) is 0 Å². The fourth-order valence-corrected chi connectivity index (χ4v) is 3.58. The number of aryl methyl sites for hydroxylation is 1. The number of carboxylic acids is 1. The standard InChI is InChI=1S/C22H26N6O3/c1-2-9-28(12-14-3-4-14)20-11-19(23-13-24-20)22(31)25-15-5-6-17-16(10-15)18(27-26-17)7-8-21(29)30/h5-6,10-11,13-14H,2-4,7-9,12H2,1H3,(H,25,31)(H,26,27)(H,29,30). The fraction of sp³-hybridized carbons (Fsp3) is 0.409. The topological polar surface area (TPSA) is 124 Å². The summed E-state index contributed by atoms with van der Waals surface area (Å²) in [6.45, 7) is 3.98. The second-order valence-corrected chi connectivity index (χ2v) is 7.93. The van der Waals surface area contributed by atoms with Gasteiger partial charge in [-0.05, 0) is 43.4 Å². The Morgan fingerprint density at radius 3 is 2.84 bits per heavy atom. The molecule has 9 nitrogen and oxygen atoms in total. The van der Waals surface area contributed by atoms with Crippen LogP contribution in [-0.4, -0.2) is 50.2 Å². The highest BCUT2D eigenvalue weighted by atomic mass is 16.4. The van der Waals surface area contributed by atoms with Crippen molar-refractivity contribution in [1.29, 1.82) is 0 Å². The molecule has 1 amide bonds. The van der Waals surface area contributed by atoms with Gasteiger partial charge in [0.25, 0.3) is 5.91 Å². The van der Waals surface area contributed by atoms with E-state index in [0.717, 1.165) is 42.1 Å². The molecule has 2 heterocycles. The Balaban J connectivity index is 1.50. The van der Waals surface area contributed by atoms with Crippen LogP contribution in [0.3, 0.4) is 0 Å². The summed E-state index contributed by atoms with van der Waals surface area (Å²) >= 11 is 0. The summed E-state index contributed by atoms with van der Waals surface area (Å²) in [5.41, 5.74) is 2.35. The van der Waals surface area contributed by atoms with Crippen molar-refractivity contribution in [3.63, 3.8) is 0 Å². The highest BCUT2D eigenvalue weighted by Crippen LogP contribution is 2.31. The Kier molecular flexibility index (Phi) is 6.11. The van der Waals surface area contributed by atoms with Crippen LogP contribution >= 0.6 is 0 Å². The molecule has 2 aromatic heterocycles. The molecular formula is C22H26N6O3. The number of H-pyrrole nitrogens is 1. The van der Waals surface area contributed by atoms with Crippen molar-refractivity contribution in [2.24, 2.45) is 5.92 Å². The van der Waals surface area contributed by atoms with Gasteiger partial charge in [0.2, 0.25) is 0 Å². The summed E-state index contributed by atoms with van der Waals surface area (Å²) in [5, 5.41) is 19.7. The van der Waals surface area contributed by atoms with E-state index in [0.29, 0.717) is 23.5 Å². The van der Waals surface area contributed by atoms with Crippen molar-refractivity contribution in [2.45, 2.75) is 39.0 Å². The summed E-state index contributed by atoms with van der Waals surface area (Å²) in [6, 6.07) is 7.12. The first kappa shape index (κ1) is 20.8. The molecule has 0 atom stereocenters. The van der Waals surface area contributed by atoms with Crippen molar-refractivity contribution in [1.82, 2.24) is 20.2 Å². The number of nitrogens with zero attached hydrogens (tertiary/aromatic N) is 4. The predicted octanol–water partition coefficient (Wildman–Crippen LogP) is 3.25. The van der Waals surface area contributed by atoms with Crippen LogP contribution in [0.4, 0.5) is 11.5 Å². The lowest BCUT2D eigenvalue weighted by atomic mass is 10.1. The summed E-state index contributed by atoms with van der Waals surface area (Å²) < 4.78 is 0. The molecule has 3 aromatic rings. The highest BCUT2D eigenvalue weighted by molar-refractivity contribution is 6.04. The van der Waals surface area contributed by atoms with E-state index in [9.17, 15) is 9.59 Å². The van der Waals surface area contributed by atoms with E-state index in [-0.39, 0.29) is 12.3 Å². The number of anilines is 2. The van der Waals surface area contributed by atoms with Gasteiger partial charge in [0.05, 0.1) is 17.6 Å². The van der Waals surface area contributed by atoms with Gasteiger partial charge in [0, 0.05) is 36.7 Å². The summed E-state index contributed by atoms with van der Waals surface area (Å²) in [5.74, 6) is 0.298. The number of carbonyl (C=O) groups is 2. The lowest BCUT2D eigenvalue weighted by Crippen LogP contribution is -2.28. The molecule has 0 unspecified atom stereocenters. The third-order valence-corrected chi connectivity index (χ3v) is 5.35. The molecule has 4 rings (SSSR count). The molecule has 1 aliphatic rings. The third-order valence-electron chi connectivity index (χ3n) is 5.35. The molecule has 0 aliphatic heterocycles. The van der Waals surface area contributed by atoms with Gasteiger partial charge >= 0.3 is 5.97 Å². The third kappa shape index (κ3) is 5.17. The van der Waals surface area contributed by atoms with E-state index in [1.165, 1.54) is 19.2 Å². The summed E-state index contributed by atoms with van der Waals surface area (Å²) in [6.07, 6.45) is 5.26. The predicted molar refractivity (Wildman–Crippen MR) is 117 cm³/mol. The molecule has 1 saturated carbocycles. The van der Waals surface area contributed by atoms with E-state index in [1.807, 2.05) is 6.07 Å². The summed E-state index contributed by atoms with van der Waals surface area (Å²) in [7, 11) is 0. The van der Waals surface area contributed by atoms with E-state index in [2.05, 4.69) is 37.3 Å². The maximum absolute atomic E-state index is 12.8. The van der Waals surface area contributed by atoms with Crippen LogP contribution in [0.15, 0.2) is 30.6 Å². The number of hydrogen-bond donors (Lipinski definition) is 3. The molecule has 1 aromatic carbocycles. The van der Waals surface area contributed by atoms with E-state index < -0.39 is 5.97 Å². The van der Waals surface area contributed by atoms with Gasteiger partial charge in [-0.25, -0.2) is 9.97 Å². The molecule has 3 N–H and O–H groups in total. The Morgan fingerprint density at radius 2 is 2.10 bits per heavy atom. The number of carboxylic acid groups (broad SMARTS) is 1. The number of rotatable bonds is 10. The Bertz CT molecular complexity index is 1090. The zero-order valence-electron chi connectivity index (χ0n) is 17.5. The molecule has 0 spiro atoms. The first-order valence-corrected chi connectivity index (χ1v) is 10.6. The average Bonchev–Trinajstić information content (AvgIpc) is 3.49. The van der Waals surface area contributed by atoms with Gasteiger partial charge in [0.1, 0.15) is 17.8 Å². The molecular weight excluding hydrogens is 396 g/mol. The van der Waals surface area contributed by atoms with Crippen LogP contribution in [0, 0.1) is 5.92 Å². The van der Waals surface area contributed by atoms with Crippen LogP contribution in [-0.2, 0) is 11.2 Å². The van der Waals surface area contributed by atoms with Crippen LogP contribution in [0.2, 0.25) is 0 Å². The van der Waals surface area contributed by atoms with Crippen molar-refractivity contribution < 1.29 is 14.7 Å². The molecule has 162 valence electrons. The number of carbonyl (C=O) groups excluding carboxylic acids is 1.